The van der Waals surface area contributed by atoms with Crippen molar-refractivity contribution in [3.63, 3.8) is 0 Å². The molecule has 134 valence electrons. The van der Waals surface area contributed by atoms with Crippen LogP contribution < -0.4 is 5.32 Å². The van der Waals surface area contributed by atoms with Crippen molar-refractivity contribution in [1.29, 1.82) is 0 Å². The highest BCUT2D eigenvalue weighted by molar-refractivity contribution is 5.76. The summed E-state index contributed by atoms with van der Waals surface area (Å²) in [5, 5.41) is 20.0. The predicted octanol–water partition coefficient (Wildman–Crippen LogP) is 1.92. The lowest BCUT2D eigenvalue weighted by Gasteiger charge is -2.16. The van der Waals surface area contributed by atoms with E-state index in [-0.39, 0.29) is 18.6 Å². The molecule has 2 N–H and O–H groups in total. The van der Waals surface area contributed by atoms with Crippen LogP contribution in [0.5, 0.6) is 0 Å². The summed E-state index contributed by atoms with van der Waals surface area (Å²) in [6.45, 7) is -0.0751. The fraction of sp³-hybridized carbons (Fsp3) is 0.250. The summed E-state index contributed by atoms with van der Waals surface area (Å²) in [6, 6.07) is 17.5. The molecule has 2 aromatic carbocycles. The quantitative estimate of drug-likeness (QED) is 0.650. The van der Waals surface area contributed by atoms with E-state index in [0.29, 0.717) is 19.3 Å². The third kappa shape index (κ3) is 5.00. The van der Waals surface area contributed by atoms with Crippen LogP contribution in [0.4, 0.5) is 0 Å². The Kier molecular flexibility index (Phi) is 6.11. The van der Waals surface area contributed by atoms with Gasteiger partial charge < -0.3 is 10.4 Å². The van der Waals surface area contributed by atoms with Gasteiger partial charge in [-0.2, -0.15) is 0 Å². The van der Waals surface area contributed by atoms with Gasteiger partial charge in [0.1, 0.15) is 12.7 Å². The molecule has 0 saturated carbocycles. The van der Waals surface area contributed by atoms with E-state index in [1.165, 1.54) is 0 Å². The topological polar surface area (TPSA) is 80.0 Å². The number of nitrogens with one attached hydrogen (secondary N) is 1. The van der Waals surface area contributed by atoms with Gasteiger partial charge in [-0.25, -0.2) is 0 Å². The Bertz CT molecular complexity index is 802. The molecule has 1 amide bonds. The largest absolute Gasteiger partial charge is 0.394 e. The number of aryl methyl sites for hydroxylation is 1. The van der Waals surface area contributed by atoms with Gasteiger partial charge in [-0.15, -0.1) is 10.2 Å². The number of carbonyl (C=O) groups excluding carboxylic acids is 1. The maximum atomic E-state index is 12.2. The second-order valence-corrected chi connectivity index (χ2v) is 6.17. The minimum atomic E-state index is -0.263. The predicted molar refractivity (Wildman–Crippen MR) is 98.8 cm³/mol. The van der Waals surface area contributed by atoms with E-state index in [0.717, 1.165) is 16.8 Å². The smallest absolute Gasteiger partial charge is 0.220 e. The normalized spacial score (nSPS) is 11.9. The zero-order valence-electron chi connectivity index (χ0n) is 14.5. The van der Waals surface area contributed by atoms with Crippen LogP contribution in [0.3, 0.4) is 0 Å². The number of hydrogen-bond acceptors (Lipinski definition) is 4. The Morgan fingerprint density at radius 1 is 1.00 bits per heavy atom. The monoisotopic (exact) mass is 350 g/mol. The first kappa shape index (κ1) is 17.8. The van der Waals surface area contributed by atoms with Crippen LogP contribution in [-0.2, 0) is 17.6 Å². The Morgan fingerprint density at radius 3 is 2.35 bits per heavy atom. The van der Waals surface area contributed by atoms with Crippen LogP contribution in [0.1, 0.15) is 17.5 Å². The maximum Gasteiger partial charge on any atom is 0.220 e. The molecule has 0 saturated heterocycles. The zero-order valence-corrected chi connectivity index (χ0v) is 14.5. The molecule has 3 rings (SSSR count). The van der Waals surface area contributed by atoms with E-state index < -0.39 is 0 Å². The molecule has 26 heavy (non-hydrogen) atoms. The van der Waals surface area contributed by atoms with Crippen molar-refractivity contribution in [2.24, 2.45) is 0 Å². The average Bonchev–Trinajstić information content (AvgIpc) is 3.22. The van der Waals surface area contributed by atoms with Gasteiger partial charge in [0.05, 0.1) is 12.6 Å². The van der Waals surface area contributed by atoms with Crippen molar-refractivity contribution >= 4 is 5.91 Å². The summed E-state index contributed by atoms with van der Waals surface area (Å²) < 4.78 is 1.83. The highest BCUT2D eigenvalue weighted by Gasteiger charge is 2.12. The summed E-state index contributed by atoms with van der Waals surface area (Å²) in [4.78, 5) is 12.2. The number of aromatic nitrogens is 3. The van der Waals surface area contributed by atoms with Gasteiger partial charge in [0.15, 0.2) is 0 Å². The summed E-state index contributed by atoms with van der Waals surface area (Å²) in [6.07, 6.45) is 4.94. The first-order valence-corrected chi connectivity index (χ1v) is 8.62. The molecule has 1 aromatic heterocycles. The zero-order chi connectivity index (χ0) is 18.2. The second kappa shape index (κ2) is 8.92. The molecule has 6 heteroatoms. The van der Waals surface area contributed by atoms with Crippen molar-refractivity contribution in [2.75, 3.05) is 6.61 Å². The summed E-state index contributed by atoms with van der Waals surface area (Å²) in [5.74, 6) is -0.0529. The van der Waals surface area contributed by atoms with Gasteiger partial charge in [-0.3, -0.25) is 9.36 Å². The van der Waals surface area contributed by atoms with Crippen LogP contribution >= 0.6 is 0 Å². The molecular formula is C20H22N4O2. The van der Waals surface area contributed by atoms with Gasteiger partial charge in [-0.1, -0.05) is 42.5 Å². The van der Waals surface area contributed by atoms with E-state index in [1.54, 1.807) is 12.7 Å². The Hall–Kier alpha value is -2.99. The number of aliphatic hydroxyl groups excluding tert-OH is 1. The molecule has 1 atom stereocenters. The summed E-state index contributed by atoms with van der Waals surface area (Å²) in [7, 11) is 0. The van der Waals surface area contributed by atoms with Gasteiger partial charge in [0.25, 0.3) is 0 Å². The van der Waals surface area contributed by atoms with E-state index in [4.69, 9.17) is 0 Å². The van der Waals surface area contributed by atoms with Crippen molar-refractivity contribution in [2.45, 2.75) is 25.3 Å². The fourth-order valence-corrected chi connectivity index (χ4v) is 2.79. The number of carbonyl (C=O) groups is 1. The number of hydrogen-bond donors (Lipinski definition) is 2. The third-order valence-electron chi connectivity index (χ3n) is 4.20. The molecule has 3 aromatic rings. The van der Waals surface area contributed by atoms with Gasteiger partial charge in [0, 0.05) is 12.1 Å². The lowest BCUT2D eigenvalue weighted by atomic mass is 10.1. The molecule has 0 unspecified atom stereocenters. The fourth-order valence-electron chi connectivity index (χ4n) is 2.79. The molecule has 0 radical (unpaired) electrons. The Labute approximate surface area is 152 Å². The summed E-state index contributed by atoms with van der Waals surface area (Å²) >= 11 is 0. The van der Waals surface area contributed by atoms with Gasteiger partial charge in [-0.05, 0) is 36.1 Å². The summed E-state index contributed by atoms with van der Waals surface area (Å²) in [5.41, 5.74) is 3.16. The average molecular weight is 350 g/mol. The first-order valence-electron chi connectivity index (χ1n) is 8.62. The highest BCUT2D eigenvalue weighted by atomic mass is 16.3. The maximum absolute atomic E-state index is 12.2. The van der Waals surface area contributed by atoms with Crippen molar-refractivity contribution in [1.82, 2.24) is 20.1 Å². The number of aliphatic hydroxyl groups is 1. The van der Waals surface area contributed by atoms with Crippen molar-refractivity contribution in [3.8, 4) is 5.69 Å². The number of nitrogens with zero attached hydrogens (tertiary/aromatic N) is 3. The van der Waals surface area contributed by atoms with E-state index >= 15 is 0 Å². The van der Waals surface area contributed by atoms with Crippen LogP contribution in [0, 0.1) is 0 Å². The van der Waals surface area contributed by atoms with Crippen molar-refractivity contribution < 1.29 is 9.90 Å². The molecule has 0 aliphatic carbocycles. The second-order valence-electron chi connectivity index (χ2n) is 6.17. The Morgan fingerprint density at radius 2 is 1.69 bits per heavy atom. The number of rotatable bonds is 8. The van der Waals surface area contributed by atoms with Crippen LogP contribution in [0.15, 0.2) is 67.3 Å². The lowest BCUT2D eigenvalue weighted by Crippen LogP contribution is -2.39. The molecule has 0 aliphatic rings. The molecule has 0 spiro atoms. The van der Waals surface area contributed by atoms with Crippen molar-refractivity contribution in [3.05, 3.63) is 78.4 Å². The van der Waals surface area contributed by atoms with E-state index in [9.17, 15) is 9.90 Å². The number of amides is 1. The third-order valence-corrected chi connectivity index (χ3v) is 4.20. The Balaban J connectivity index is 1.48. The van der Waals surface area contributed by atoms with Gasteiger partial charge >= 0.3 is 0 Å². The minimum Gasteiger partial charge on any atom is -0.394 e. The van der Waals surface area contributed by atoms with Gasteiger partial charge in [0.2, 0.25) is 5.91 Å². The molecule has 1 heterocycles. The molecule has 0 fully saturated rings. The lowest BCUT2D eigenvalue weighted by molar-refractivity contribution is -0.122. The molecule has 0 aliphatic heterocycles. The van der Waals surface area contributed by atoms with E-state index in [2.05, 4.69) is 15.5 Å². The van der Waals surface area contributed by atoms with E-state index in [1.807, 2.05) is 59.2 Å². The standard InChI is InChI=1S/C20H22N4O2/c25-13-18(12-17-4-2-1-3-5-17)23-20(26)11-8-16-6-9-19(10-7-16)24-14-21-22-15-24/h1-7,9-10,14-15,18,25H,8,11-13H2,(H,23,26)/t18-/m0/s1. The first-order chi connectivity index (χ1) is 12.7. The number of benzene rings is 2. The van der Waals surface area contributed by atoms with Crippen LogP contribution in [0.25, 0.3) is 5.69 Å². The van der Waals surface area contributed by atoms with Crippen LogP contribution in [0.2, 0.25) is 0 Å². The molecule has 6 nitrogen and oxygen atoms in total. The molecular weight excluding hydrogens is 328 g/mol. The molecule has 0 bridgehead atoms. The van der Waals surface area contributed by atoms with Crippen LogP contribution in [-0.4, -0.2) is 38.4 Å². The SMILES string of the molecule is O=C(CCc1ccc(-n2cnnc2)cc1)N[C@H](CO)Cc1ccccc1. The minimum absolute atomic E-state index is 0.0529. The highest BCUT2D eigenvalue weighted by Crippen LogP contribution is 2.10.